The Morgan fingerprint density at radius 1 is 1.12 bits per heavy atom. The minimum absolute atomic E-state index is 0. The van der Waals surface area contributed by atoms with Gasteiger partial charge in [-0.15, -0.1) is 24.0 Å². The van der Waals surface area contributed by atoms with Crippen LogP contribution in [0, 0.1) is 11.8 Å². The first-order chi connectivity index (χ1) is 11.1. The molecule has 2 aliphatic rings. The largest absolute Gasteiger partial charge is 0.355 e. The summed E-state index contributed by atoms with van der Waals surface area (Å²) in [6.07, 6.45) is 3.93. The third kappa shape index (κ3) is 5.73. The summed E-state index contributed by atoms with van der Waals surface area (Å²) in [5.41, 5.74) is 0. The van der Waals surface area contributed by atoms with Crippen molar-refractivity contribution < 1.29 is 0 Å². The van der Waals surface area contributed by atoms with Gasteiger partial charge in [0, 0.05) is 52.4 Å². The Labute approximate surface area is 166 Å². The third-order valence-corrected chi connectivity index (χ3v) is 5.93. The van der Waals surface area contributed by atoms with Crippen LogP contribution in [0.25, 0.3) is 0 Å². The van der Waals surface area contributed by atoms with Crippen LogP contribution in [0.2, 0.25) is 0 Å². The summed E-state index contributed by atoms with van der Waals surface area (Å²) in [7, 11) is 6.38. The van der Waals surface area contributed by atoms with Crippen molar-refractivity contribution in [2.24, 2.45) is 16.8 Å². The highest BCUT2D eigenvalue weighted by molar-refractivity contribution is 14.0. The van der Waals surface area contributed by atoms with Crippen molar-refractivity contribution in [3.63, 3.8) is 0 Å². The zero-order valence-electron chi connectivity index (χ0n) is 16.3. The molecule has 142 valence electrons. The molecule has 0 spiro atoms. The normalized spacial score (nSPS) is 26.8. The van der Waals surface area contributed by atoms with Crippen molar-refractivity contribution in [2.75, 3.05) is 60.4 Å². The third-order valence-electron chi connectivity index (χ3n) is 5.93. The maximum atomic E-state index is 4.54. The van der Waals surface area contributed by atoms with E-state index in [1.54, 1.807) is 0 Å². The molecule has 2 saturated heterocycles. The lowest BCUT2D eigenvalue weighted by molar-refractivity contribution is 0.116. The Balaban J connectivity index is 0.00000288. The Morgan fingerprint density at radius 3 is 2.46 bits per heavy atom. The fourth-order valence-electron chi connectivity index (χ4n) is 4.18. The highest BCUT2D eigenvalue weighted by Gasteiger charge is 2.30. The quantitative estimate of drug-likeness (QED) is 0.395. The predicted octanol–water partition coefficient (Wildman–Crippen LogP) is 2.18. The van der Waals surface area contributed by atoms with Gasteiger partial charge in [0.2, 0.25) is 0 Å². The van der Waals surface area contributed by atoms with Crippen LogP contribution in [-0.2, 0) is 0 Å². The first kappa shape index (κ1) is 22.0. The van der Waals surface area contributed by atoms with E-state index in [1.165, 1.54) is 32.4 Å². The standard InChI is InChI=1S/C18H37N5.HI/c1-6-15(7-2)16-8-9-23(13-16)18(19-3)20-12-17-14-21(4)10-11-22(17)5;/h15-17H,6-14H2,1-5H3,(H,19,20);1H. The zero-order chi connectivity index (χ0) is 16.8. The number of likely N-dealkylation sites (tertiary alicyclic amines) is 1. The molecule has 5 nitrogen and oxygen atoms in total. The van der Waals surface area contributed by atoms with E-state index in [1.807, 2.05) is 7.05 Å². The van der Waals surface area contributed by atoms with Crippen molar-refractivity contribution in [3.05, 3.63) is 0 Å². The van der Waals surface area contributed by atoms with Crippen LogP contribution in [0.3, 0.4) is 0 Å². The highest BCUT2D eigenvalue weighted by Crippen LogP contribution is 2.28. The second-order valence-electron chi connectivity index (χ2n) is 7.40. The Hall–Kier alpha value is -0.0800. The molecule has 2 rings (SSSR count). The van der Waals surface area contributed by atoms with E-state index in [9.17, 15) is 0 Å². The van der Waals surface area contributed by atoms with Crippen LogP contribution >= 0.6 is 24.0 Å². The number of guanidine groups is 1. The Morgan fingerprint density at radius 2 is 1.83 bits per heavy atom. The summed E-state index contributed by atoms with van der Waals surface area (Å²) in [6, 6.07) is 0.572. The van der Waals surface area contributed by atoms with Crippen LogP contribution in [-0.4, -0.2) is 87.1 Å². The second-order valence-corrected chi connectivity index (χ2v) is 7.40. The van der Waals surface area contributed by atoms with Crippen LogP contribution in [0.15, 0.2) is 4.99 Å². The topological polar surface area (TPSA) is 34.1 Å². The average molecular weight is 451 g/mol. The molecule has 0 saturated carbocycles. The van der Waals surface area contributed by atoms with Gasteiger partial charge in [-0.3, -0.25) is 9.89 Å². The maximum Gasteiger partial charge on any atom is 0.193 e. The molecule has 0 aromatic carbocycles. The minimum Gasteiger partial charge on any atom is -0.355 e. The van der Waals surface area contributed by atoms with Crippen LogP contribution < -0.4 is 5.32 Å². The lowest BCUT2D eigenvalue weighted by atomic mass is 9.87. The van der Waals surface area contributed by atoms with E-state index in [2.05, 4.69) is 53.0 Å². The van der Waals surface area contributed by atoms with Gasteiger partial charge in [-0.1, -0.05) is 26.7 Å². The summed E-state index contributed by atoms with van der Waals surface area (Å²) >= 11 is 0. The van der Waals surface area contributed by atoms with Crippen LogP contribution in [0.5, 0.6) is 0 Å². The molecule has 0 radical (unpaired) electrons. The van der Waals surface area contributed by atoms with Crippen molar-refractivity contribution in [1.29, 1.82) is 0 Å². The van der Waals surface area contributed by atoms with Crippen molar-refractivity contribution >= 4 is 29.9 Å². The summed E-state index contributed by atoms with van der Waals surface area (Å²) in [5, 5.41) is 3.64. The molecule has 0 aromatic rings. The molecule has 0 bridgehead atoms. The Bertz CT molecular complexity index is 386. The molecular formula is C18H38IN5. The molecule has 0 aliphatic carbocycles. The van der Waals surface area contributed by atoms with Gasteiger partial charge in [-0.2, -0.15) is 0 Å². The molecule has 2 atom stereocenters. The molecule has 2 heterocycles. The molecule has 0 amide bonds. The number of likely N-dealkylation sites (N-methyl/N-ethyl adjacent to an activating group) is 2. The van der Waals surface area contributed by atoms with Gasteiger partial charge in [-0.05, 0) is 32.4 Å². The van der Waals surface area contributed by atoms with Gasteiger partial charge in [0.25, 0.3) is 0 Å². The van der Waals surface area contributed by atoms with E-state index in [-0.39, 0.29) is 24.0 Å². The molecule has 24 heavy (non-hydrogen) atoms. The number of hydrogen-bond donors (Lipinski definition) is 1. The second kappa shape index (κ2) is 10.8. The van der Waals surface area contributed by atoms with Gasteiger partial charge in [-0.25, -0.2) is 0 Å². The van der Waals surface area contributed by atoms with E-state index in [0.29, 0.717) is 6.04 Å². The summed E-state index contributed by atoms with van der Waals surface area (Å²) in [4.78, 5) is 11.9. The van der Waals surface area contributed by atoms with E-state index >= 15 is 0 Å². The van der Waals surface area contributed by atoms with Gasteiger partial charge in [0.05, 0.1) is 0 Å². The SMILES string of the molecule is CCC(CC)C1CCN(C(=NC)NCC2CN(C)CCN2C)C1.I. The fraction of sp³-hybridized carbons (Fsp3) is 0.944. The van der Waals surface area contributed by atoms with Gasteiger partial charge >= 0.3 is 0 Å². The summed E-state index contributed by atoms with van der Waals surface area (Å²) in [5.74, 6) is 2.81. The van der Waals surface area contributed by atoms with E-state index < -0.39 is 0 Å². The number of hydrogen-bond acceptors (Lipinski definition) is 3. The zero-order valence-corrected chi connectivity index (χ0v) is 18.6. The Kier molecular flexibility index (Phi) is 9.89. The summed E-state index contributed by atoms with van der Waals surface area (Å²) < 4.78 is 0. The number of piperazine rings is 1. The smallest absolute Gasteiger partial charge is 0.193 e. The minimum atomic E-state index is 0. The van der Waals surface area contributed by atoms with Gasteiger partial charge in [0.15, 0.2) is 5.96 Å². The first-order valence-corrected chi connectivity index (χ1v) is 9.43. The van der Waals surface area contributed by atoms with E-state index in [0.717, 1.165) is 44.0 Å². The molecule has 6 heteroatoms. The lowest BCUT2D eigenvalue weighted by Crippen LogP contribution is -2.55. The number of aliphatic imine (C=N–C) groups is 1. The lowest BCUT2D eigenvalue weighted by Gasteiger charge is -2.38. The molecule has 0 aromatic heterocycles. The van der Waals surface area contributed by atoms with Crippen LogP contribution in [0.1, 0.15) is 33.1 Å². The van der Waals surface area contributed by atoms with Crippen LogP contribution in [0.4, 0.5) is 0 Å². The van der Waals surface area contributed by atoms with E-state index in [4.69, 9.17) is 0 Å². The average Bonchev–Trinajstić information content (AvgIpc) is 3.02. The maximum absolute atomic E-state index is 4.54. The van der Waals surface area contributed by atoms with Crippen molar-refractivity contribution in [2.45, 2.75) is 39.2 Å². The monoisotopic (exact) mass is 451 g/mol. The molecule has 1 N–H and O–H groups in total. The van der Waals surface area contributed by atoms with Crippen molar-refractivity contribution in [1.82, 2.24) is 20.0 Å². The predicted molar refractivity (Wildman–Crippen MR) is 114 cm³/mol. The molecule has 2 unspecified atom stereocenters. The highest BCUT2D eigenvalue weighted by atomic mass is 127. The van der Waals surface area contributed by atoms with Crippen molar-refractivity contribution in [3.8, 4) is 0 Å². The first-order valence-electron chi connectivity index (χ1n) is 9.43. The van der Waals surface area contributed by atoms with Gasteiger partial charge in [0.1, 0.15) is 0 Å². The molecular weight excluding hydrogens is 413 g/mol. The molecule has 2 aliphatic heterocycles. The fourth-order valence-corrected chi connectivity index (χ4v) is 4.18. The van der Waals surface area contributed by atoms with Gasteiger partial charge < -0.3 is 15.1 Å². The number of nitrogens with one attached hydrogen (secondary N) is 1. The number of rotatable bonds is 5. The summed E-state index contributed by atoms with van der Waals surface area (Å²) in [6.45, 7) is 11.4. The molecule has 2 fully saturated rings. The number of halogens is 1. The number of nitrogens with zero attached hydrogens (tertiary/aromatic N) is 4.